The Kier molecular flexibility index (Phi) is 2.63. The summed E-state index contributed by atoms with van der Waals surface area (Å²) < 4.78 is 4.75. The van der Waals surface area contributed by atoms with E-state index in [1.165, 1.54) is 6.08 Å². The van der Waals surface area contributed by atoms with Gasteiger partial charge in [-0.1, -0.05) is 30.9 Å². The molecule has 0 N–H and O–H groups in total. The predicted octanol–water partition coefficient (Wildman–Crippen LogP) is 1.64. The number of ether oxygens (including phenoxy) is 1. The maximum absolute atomic E-state index is 12.0. The molecule has 0 amide bonds. The van der Waals surface area contributed by atoms with Crippen molar-refractivity contribution in [2.75, 3.05) is 0 Å². The Morgan fingerprint density at radius 3 is 2.65 bits per heavy atom. The fraction of sp³-hybridized carbons (Fsp3) is 0.154. The zero-order chi connectivity index (χ0) is 12.6. The lowest BCUT2D eigenvalue weighted by atomic mass is 10.0. The van der Waals surface area contributed by atoms with E-state index in [0.717, 1.165) is 6.92 Å². The average Bonchev–Trinajstić information content (AvgIpc) is 2.54. The minimum absolute atomic E-state index is 0.290. The van der Waals surface area contributed by atoms with Crippen LogP contribution in [0.4, 0.5) is 0 Å². The highest BCUT2D eigenvalue weighted by molar-refractivity contribution is 6.30. The molecular weight excluding hydrogens is 220 g/mol. The second-order valence-electron chi connectivity index (χ2n) is 3.69. The summed E-state index contributed by atoms with van der Waals surface area (Å²) in [5, 5.41) is 0. The van der Waals surface area contributed by atoms with Gasteiger partial charge in [0.15, 0.2) is 0 Å². The Morgan fingerprint density at radius 1 is 1.35 bits per heavy atom. The van der Waals surface area contributed by atoms with Crippen molar-refractivity contribution >= 4 is 23.6 Å². The average molecular weight is 230 g/mol. The largest absolute Gasteiger partial charge is 0.446 e. The molecule has 4 nitrogen and oxygen atoms in total. The van der Waals surface area contributed by atoms with Crippen LogP contribution in [0.15, 0.2) is 24.8 Å². The third-order valence-electron chi connectivity index (χ3n) is 2.59. The number of esters is 1. The summed E-state index contributed by atoms with van der Waals surface area (Å²) in [6.07, 6.45) is 0.170. The standard InChI is InChI=1S/C13H10O4/c1-3-8-5-4-6-9-10(8)12(16)13(11(9)15)17-7(2)14/h3-6,13H,1H2,2H3. The maximum Gasteiger partial charge on any atom is 0.303 e. The molecule has 1 atom stereocenters. The fourth-order valence-electron chi connectivity index (χ4n) is 1.88. The number of benzene rings is 1. The summed E-state index contributed by atoms with van der Waals surface area (Å²) in [5.41, 5.74) is 1.16. The van der Waals surface area contributed by atoms with Crippen molar-refractivity contribution < 1.29 is 19.1 Å². The van der Waals surface area contributed by atoms with Gasteiger partial charge in [0.1, 0.15) is 0 Å². The molecule has 0 fully saturated rings. The molecule has 1 aliphatic carbocycles. The second kappa shape index (κ2) is 3.97. The van der Waals surface area contributed by atoms with Gasteiger partial charge < -0.3 is 4.74 Å². The van der Waals surface area contributed by atoms with E-state index in [9.17, 15) is 14.4 Å². The van der Waals surface area contributed by atoms with Crippen LogP contribution < -0.4 is 0 Å². The Bertz CT molecular complexity index is 542. The Hall–Kier alpha value is -2.23. The third-order valence-corrected chi connectivity index (χ3v) is 2.59. The number of carbonyl (C=O) groups is 3. The molecule has 1 aliphatic rings. The van der Waals surface area contributed by atoms with Crippen LogP contribution in [0.25, 0.3) is 6.08 Å². The van der Waals surface area contributed by atoms with Gasteiger partial charge in [-0.25, -0.2) is 0 Å². The molecule has 0 saturated heterocycles. The third kappa shape index (κ3) is 1.67. The van der Waals surface area contributed by atoms with Gasteiger partial charge in [0.25, 0.3) is 0 Å². The van der Waals surface area contributed by atoms with Crippen LogP contribution in [0.3, 0.4) is 0 Å². The number of Topliss-reactive ketones (excluding diaryl/α,β-unsaturated/α-hetero) is 2. The van der Waals surface area contributed by atoms with E-state index < -0.39 is 23.6 Å². The van der Waals surface area contributed by atoms with Crippen LogP contribution in [0.5, 0.6) is 0 Å². The highest BCUT2D eigenvalue weighted by atomic mass is 16.5. The van der Waals surface area contributed by atoms with Crippen LogP contribution in [0.2, 0.25) is 0 Å². The number of carbonyl (C=O) groups excluding carboxylic acids is 3. The molecule has 86 valence electrons. The van der Waals surface area contributed by atoms with Crippen molar-refractivity contribution in [3.8, 4) is 0 Å². The van der Waals surface area contributed by atoms with Crippen molar-refractivity contribution in [1.82, 2.24) is 0 Å². The van der Waals surface area contributed by atoms with Crippen molar-refractivity contribution in [1.29, 1.82) is 0 Å². The lowest BCUT2D eigenvalue weighted by Crippen LogP contribution is -2.27. The summed E-state index contributed by atoms with van der Waals surface area (Å²) >= 11 is 0. The summed E-state index contributed by atoms with van der Waals surface area (Å²) in [6, 6.07) is 4.90. The fourth-order valence-corrected chi connectivity index (χ4v) is 1.88. The summed E-state index contributed by atoms with van der Waals surface area (Å²) in [5.74, 6) is -1.59. The van der Waals surface area contributed by atoms with E-state index in [-0.39, 0.29) is 0 Å². The number of fused-ring (bicyclic) bond motifs is 1. The maximum atomic E-state index is 12.0. The second-order valence-corrected chi connectivity index (χ2v) is 3.69. The molecule has 17 heavy (non-hydrogen) atoms. The summed E-state index contributed by atoms with van der Waals surface area (Å²) in [4.78, 5) is 34.7. The van der Waals surface area contributed by atoms with Gasteiger partial charge in [-0.2, -0.15) is 0 Å². The summed E-state index contributed by atoms with van der Waals surface area (Å²) in [6.45, 7) is 4.75. The van der Waals surface area contributed by atoms with Gasteiger partial charge in [-0.05, 0) is 5.56 Å². The highest BCUT2D eigenvalue weighted by Gasteiger charge is 2.41. The van der Waals surface area contributed by atoms with Crippen molar-refractivity contribution in [2.24, 2.45) is 0 Å². The Morgan fingerprint density at radius 2 is 2.06 bits per heavy atom. The van der Waals surface area contributed by atoms with Crippen LogP contribution >= 0.6 is 0 Å². The number of ketones is 2. The molecule has 0 aliphatic heterocycles. The van der Waals surface area contributed by atoms with E-state index in [2.05, 4.69) is 6.58 Å². The van der Waals surface area contributed by atoms with E-state index in [4.69, 9.17) is 4.74 Å². The molecule has 0 bridgehead atoms. The molecule has 0 aromatic heterocycles. The number of hydrogen-bond donors (Lipinski definition) is 0. The van der Waals surface area contributed by atoms with E-state index in [0.29, 0.717) is 16.7 Å². The smallest absolute Gasteiger partial charge is 0.303 e. The number of rotatable bonds is 2. The van der Waals surface area contributed by atoms with E-state index in [1.807, 2.05) is 0 Å². The lowest BCUT2D eigenvalue weighted by Gasteiger charge is -2.06. The molecule has 0 heterocycles. The molecule has 1 aromatic rings. The first kappa shape index (κ1) is 11.3. The first-order chi connectivity index (χ1) is 8.06. The van der Waals surface area contributed by atoms with Crippen LogP contribution in [0.1, 0.15) is 33.2 Å². The van der Waals surface area contributed by atoms with Crippen LogP contribution in [-0.4, -0.2) is 23.6 Å². The van der Waals surface area contributed by atoms with E-state index in [1.54, 1.807) is 18.2 Å². The molecule has 1 aromatic carbocycles. The van der Waals surface area contributed by atoms with Crippen LogP contribution in [0, 0.1) is 0 Å². The monoisotopic (exact) mass is 230 g/mol. The van der Waals surface area contributed by atoms with Gasteiger partial charge in [0.2, 0.25) is 17.7 Å². The molecule has 0 spiro atoms. The zero-order valence-electron chi connectivity index (χ0n) is 9.23. The van der Waals surface area contributed by atoms with Crippen LogP contribution in [-0.2, 0) is 9.53 Å². The zero-order valence-corrected chi connectivity index (χ0v) is 9.23. The topological polar surface area (TPSA) is 60.4 Å². The molecule has 2 rings (SSSR count). The quantitative estimate of drug-likeness (QED) is 0.572. The van der Waals surface area contributed by atoms with Gasteiger partial charge in [0.05, 0.1) is 0 Å². The molecular formula is C13H10O4. The van der Waals surface area contributed by atoms with Crippen molar-refractivity contribution in [2.45, 2.75) is 13.0 Å². The van der Waals surface area contributed by atoms with Crippen molar-refractivity contribution in [3.63, 3.8) is 0 Å². The lowest BCUT2D eigenvalue weighted by molar-refractivity contribution is -0.142. The first-order valence-corrected chi connectivity index (χ1v) is 5.07. The molecule has 0 radical (unpaired) electrons. The minimum Gasteiger partial charge on any atom is -0.446 e. The first-order valence-electron chi connectivity index (χ1n) is 5.07. The Balaban J connectivity index is 2.53. The number of hydrogen-bond acceptors (Lipinski definition) is 4. The molecule has 0 saturated carbocycles. The van der Waals surface area contributed by atoms with Crippen molar-refractivity contribution in [3.05, 3.63) is 41.5 Å². The van der Waals surface area contributed by atoms with Gasteiger partial charge in [-0.3, -0.25) is 14.4 Å². The molecule has 1 unspecified atom stereocenters. The molecule has 4 heteroatoms. The normalized spacial score (nSPS) is 17.8. The van der Waals surface area contributed by atoms with E-state index >= 15 is 0 Å². The SMILES string of the molecule is C=Cc1cccc2c1C(=O)C(OC(C)=O)C2=O. The van der Waals surface area contributed by atoms with Gasteiger partial charge in [0, 0.05) is 18.1 Å². The van der Waals surface area contributed by atoms with Gasteiger partial charge >= 0.3 is 5.97 Å². The highest BCUT2D eigenvalue weighted by Crippen LogP contribution is 2.28. The predicted molar refractivity (Wildman–Crippen MR) is 60.7 cm³/mol. The Labute approximate surface area is 97.9 Å². The van der Waals surface area contributed by atoms with Gasteiger partial charge in [-0.15, -0.1) is 0 Å². The summed E-state index contributed by atoms with van der Waals surface area (Å²) in [7, 11) is 0. The minimum atomic E-state index is -1.33.